The van der Waals surface area contributed by atoms with Crippen LogP contribution >= 0.6 is 0 Å². The van der Waals surface area contributed by atoms with E-state index < -0.39 is 0 Å². The summed E-state index contributed by atoms with van der Waals surface area (Å²) in [7, 11) is 0. The van der Waals surface area contributed by atoms with Crippen LogP contribution in [0.15, 0.2) is 24.3 Å². The van der Waals surface area contributed by atoms with Gasteiger partial charge in [-0.05, 0) is 51.2 Å². The summed E-state index contributed by atoms with van der Waals surface area (Å²) in [5.74, 6) is -0.222. The molecule has 10 heteroatoms. The van der Waals surface area contributed by atoms with Crippen LogP contribution in [0, 0.1) is 0 Å². The number of nitrogens with one attached hydrogen (secondary N) is 6. The van der Waals surface area contributed by atoms with Gasteiger partial charge in [0.05, 0.1) is 24.5 Å². The fraction of sp³-hybridized carbons (Fsp3) is 0.667. The molecule has 0 saturated carbocycles. The first kappa shape index (κ1) is 26.5. The van der Waals surface area contributed by atoms with Crippen molar-refractivity contribution in [3.05, 3.63) is 35.4 Å². The molecule has 2 saturated heterocycles. The predicted molar refractivity (Wildman–Crippen MR) is 135 cm³/mol. The highest BCUT2D eigenvalue weighted by atomic mass is 16.2. The molecule has 6 N–H and O–H groups in total. The molecule has 2 aliphatic rings. The summed E-state index contributed by atoms with van der Waals surface area (Å²) in [6.07, 6.45) is 2.01. The zero-order valence-corrected chi connectivity index (χ0v) is 20.3. The van der Waals surface area contributed by atoms with Crippen LogP contribution in [-0.4, -0.2) is 113 Å². The van der Waals surface area contributed by atoms with Gasteiger partial charge in [0.15, 0.2) is 0 Å². The maximum Gasteiger partial charge on any atom is 0.255 e. The van der Waals surface area contributed by atoms with Gasteiger partial charge in [-0.25, -0.2) is 0 Å². The summed E-state index contributed by atoms with van der Waals surface area (Å²) >= 11 is 0. The Kier molecular flexibility index (Phi) is 12.3. The summed E-state index contributed by atoms with van der Waals surface area (Å²) < 4.78 is 0. The molecular formula is C24H42N8O2. The monoisotopic (exact) mass is 474 g/mol. The van der Waals surface area contributed by atoms with E-state index in [1.807, 2.05) is 12.1 Å². The topological polar surface area (TPSA) is 113 Å². The molecule has 2 heterocycles. The molecule has 10 nitrogen and oxygen atoms in total. The van der Waals surface area contributed by atoms with Crippen LogP contribution in [0.25, 0.3) is 0 Å². The fourth-order valence-corrected chi connectivity index (χ4v) is 4.09. The van der Waals surface area contributed by atoms with Crippen LogP contribution in [0.5, 0.6) is 0 Å². The van der Waals surface area contributed by atoms with Crippen molar-refractivity contribution in [1.29, 1.82) is 0 Å². The molecule has 1 aromatic carbocycles. The molecule has 3 rings (SSSR count). The molecule has 0 unspecified atom stereocenters. The zero-order chi connectivity index (χ0) is 23.8. The molecule has 190 valence electrons. The summed E-state index contributed by atoms with van der Waals surface area (Å²) in [5, 5.41) is 20.3. The third kappa shape index (κ3) is 8.94. The predicted octanol–water partition coefficient (Wildman–Crippen LogP) is -1.17. The molecule has 0 radical (unpaired) electrons. The van der Waals surface area contributed by atoms with Crippen LogP contribution < -0.4 is 31.9 Å². The summed E-state index contributed by atoms with van der Waals surface area (Å²) in [4.78, 5) is 30.7. The lowest BCUT2D eigenvalue weighted by Gasteiger charge is -2.27. The number of carbonyl (C=O) groups is 2. The molecule has 0 aliphatic carbocycles. The molecule has 0 atom stereocenters. The van der Waals surface area contributed by atoms with E-state index in [4.69, 9.17) is 0 Å². The first-order valence-electron chi connectivity index (χ1n) is 12.7. The molecule has 34 heavy (non-hydrogen) atoms. The second-order valence-electron chi connectivity index (χ2n) is 8.71. The van der Waals surface area contributed by atoms with E-state index in [2.05, 4.69) is 31.9 Å². The van der Waals surface area contributed by atoms with Gasteiger partial charge in [-0.15, -0.1) is 0 Å². The molecule has 0 bridgehead atoms. The summed E-state index contributed by atoms with van der Waals surface area (Å²) in [5.41, 5.74) is 0.928. The van der Waals surface area contributed by atoms with Gasteiger partial charge < -0.3 is 31.1 Å². The Morgan fingerprint density at radius 3 is 1.35 bits per heavy atom. The Hall–Kier alpha value is -2.08. The van der Waals surface area contributed by atoms with Crippen molar-refractivity contribution in [2.24, 2.45) is 0 Å². The first-order valence-corrected chi connectivity index (χ1v) is 12.7. The van der Waals surface area contributed by atoms with Crippen molar-refractivity contribution in [3.8, 4) is 0 Å². The molecule has 2 amide bonds. The van der Waals surface area contributed by atoms with Crippen molar-refractivity contribution in [2.75, 3.05) is 91.9 Å². The van der Waals surface area contributed by atoms with E-state index >= 15 is 0 Å². The van der Waals surface area contributed by atoms with Gasteiger partial charge in [-0.3, -0.25) is 20.2 Å². The van der Waals surface area contributed by atoms with Crippen molar-refractivity contribution in [1.82, 2.24) is 41.7 Å². The molecule has 2 aliphatic heterocycles. The fourth-order valence-electron chi connectivity index (χ4n) is 4.09. The average molecular weight is 475 g/mol. The van der Waals surface area contributed by atoms with Crippen molar-refractivity contribution >= 4 is 11.8 Å². The van der Waals surface area contributed by atoms with E-state index in [9.17, 15) is 9.59 Å². The second kappa shape index (κ2) is 15.8. The van der Waals surface area contributed by atoms with Gasteiger partial charge in [-0.2, -0.15) is 0 Å². The Balaban J connectivity index is 1.71. The lowest BCUT2D eigenvalue weighted by Crippen LogP contribution is -2.46. The minimum absolute atomic E-state index is 0.111. The van der Waals surface area contributed by atoms with Gasteiger partial charge in [0.1, 0.15) is 0 Å². The smallest absolute Gasteiger partial charge is 0.255 e. The third-order valence-corrected chi connectivity index (χ3v) is 6.06. The standard InChI is InChI=1S/C24H42N8O2/c33-23(31-17-15-27-13-11-25-7-3-9-29-19-31)21-5-1-2-6-22(21)24(34)32-18-16-28-14-12-26-8-4-10-30-20-32/h1-2,5-6,25-30H,3-4,7-20H2. The van der Waals surface area contributed by atoms with E-state index in [1.54, 1.807) is 21.9 Å². The molecule has 0 spiro atoms. The van der Waals surface area contributed by atoms with Gasteiger partial charge in [-0.1, -0.05) is 12.1 Å². The lowest BCUT2D eigenvalue weighted by molar-refractivity contribution is 0.0704. The third-order valence-electron chi connectivity index (χ3n) is 6.06. The number of hydrogen-bond donors (Lipinski definition) is 6. The summed E-state index contributed by atoms with van der Waals surface area (Å²) in [6.45, 7) is 10.7. The number of hydrogen-bond acceptors (Lipinski definition) is 8. The van der Waals surface area contributed by atoms with Crippen LogP contribution in [-0.2, 0) is 0 Å². The van der Waals surface area contributed by atoms with Gasteiger partial charge in [0.25, 0.3) is 11.8 Å². The highest BCUT2D eigenvalue weighted by molar-refractivity contribution is 6.07. The van der Waals surface area contributed by atoms with Crippen molar-refractivity contribution in [3.63, 3.8) is 0 Å². The molecule has 2 fully saturated rings. The Morgan fingerprint density at radius 1 is 0.529 bits per heavy atom. The minimum atomic E-state index is -0.111. The van der Waals surface area contributed by atoms with Gasteiger partial charge in [0.2, 0.25) is 0 Å². The van der Waals surface area contributed by atoms with Crippen LogP contribution in [0.4, 0.5) is 0 Å². The normalized spacial score (nSPS) is 20.8. The largest absolute Gasteiger partial charge is 0.325 e. The number of carbonyl (C=O) groups excluding carboxylic acids is 2. The molecule has 0 aromatic heterocycles. The van der Waals surface area contributed by atoms with Crippen LogP contribution in [0.2, 0.25) is 0 Å². The Labute approximate surface area is 203 Å². The number of nitrogens with zero attached hydrogens (tertiary/aromatic N) is 2. The van der Waals surface area contributed by atoms with Gasteiger partial charge >= 0.3 is 0 Å². The maximum atomic E-state index is 13.6. The maximum absolute atomic E-state index is 13.6. The first-order chi connectivity index (χ1) is 16.8. The van der Waals surface area contributed by atoms with E-state index in [0.717, 1.165) is 65.2 Å². The summed E-state index contributed by atoms with van der Waals surface area (Å²) in [6, 6.07) is 7.22. The Bertz CT molecular complexity index is 662. The zero-order valence-electron chi connectivity index (χ0n) is 20.3. The lowest BCUT2D eigenvalue weighted by atomic mass is 10.0. The Morgan fingerprint density at radius 2 is 0.912 bits per heavy atom. The van der Waals surface area contributed by atoms with Gasteiger partial charge in [0, 0.05) is 52.4 Å². The van der Waals surface area contributed by atoms with Crippen molar-refractivity contribution in [2.45, 2.75) is 12.8 Å². The van der Waals surface area contributed by atoms with E-state index in [0.29, 0.717) is 50.6 Å². The highest BCUT2D eigenvalue weighted by Gasteiger charge is 2.24. The quantitative estimate of drug-likeness (QED) is 0.318. The second-order valence-corrected chi connectivity index (χ2v) is 8.71. The van der Waals surface area contributed by atoms with E-state index in [1.165, 1.54) is 0 Å². The number of rotatable bonds is 2. The average Bonchev–Trinajstić information content (AvgIpc) is 2.84. The van der Waals surface area contributed by atoms with Crippen LogP contribution in [0.1, 0.15) is 33.6 Å². The van der Waals surface area contributed by atoms with E-state index in [-0.39, 0.29) is 11.8 Å². The molecular weight excluding hydrogens is 432 g/mol. The number of amides is 2. The SMILES string of the molecule is O=C(c1ccccc1C(=O)N1CCNCCNCCCNC1)N1CCNCCNCCCNC1. The highest BCUT2D eigenvalue weighted by Crippen LogP contribution is 2.14. The molecule has 1 aromatic rings. The van der Waals surface area contributed by atoms with Crippen molar-refractivity contribution < 1.29 is 9.59 Å². The number of benzene rings is 1. The minimum Gasteiger partial charge on any atom is -0.325 e. The van der Waals surface area contributed by atoms with Crippen LogP contribution in [0.3, 0.4) is 0 Å².